The van der Waals surface area contributed by atoms with Crippen LogP contribution in [-0.4, -0.2) is 24.6 Å². The van der Waals surface area contributed by atoms with Gasteiger partial charge < -0.3 is 0 Å². The maximum atomic E-state index is 4.76. The average molecular weight is 368 g/mol. The van der Waals surface area contributed by atoms with E-state index in [0.29, 0.717) is 0 Å². The van der Waals surface area contributed by atoms with Crippen molar-refractivity contribution in [1.82, 2.24) is 24.6 Å². The molecule has 1 unspecified atom stereocenters. The Balaban J connectivity index is 1.68. The summed E-state index contributed by atoms with van der Waals surface area (Å²) in [5.74, 6) is 1.57. The largest absolute Gasteiger partial charge is 0.277 e. The Labute approximate surface area is 153 Å². The van der Waals surface area contributed by atoms with Gasteiger partial charge in [-0.25, -0.2) is 9.97 Å². The van der Waals surface area contributed by atoms with Crippen LogP contribution in [0.1, 0.15) is 29.6 Å². The molecule has 0 radical (unpaired) electrons. The van der Waals surface area contributed by atoms with Crippen LogP contribution in [-0.2, 0) is 12.8 Å². The number of fused-ring (bicyclic) bond motifs is 4. The van der Waals surface area contributed by atoms with Gasteiger partial charge in [-0.1, -0.05) is 13.0 Å². The minimum absolute atomic E-state index is 0.756. The molecule has 0 aliphatic heterocycles. The van der Waals surface area contributed by atoms with Gasteiger partial charge in [0.2, 0.25) is 5.16 Å². The van der Waals surface area contributed by atoms with Crippen LogP contribution in [0.15, 0.2) is 34.6 Å². The third kappa shape index (κ3) is 2.53. The Morgan fingerprint density at radius 2 is 2.16 bits per heavy atom. The van der Waals surface area contributed by atoms with Crippen molar-refractivity contribution in [3.05, 3.63) is 40.7 Å². The summed E-state index contributed by atoms with van der Waals surface area (Å²) >= 11 is 3.43. The van der Waals surface area contributed by atoms with Gasteiger partial charge in [0.05, 0.1) is 0 Å². The first kappa shape index (κ1) is 15.3. The molecule has 5 nitrogen and oxygen atoms in total. The summed E-state index contributed by atoms with van der Waals surface area (Å²) in [6, 6.07) is 5.93. The molecule has 0 saturated carbocycles. The maximum absolute atomic E-state index is 4.76. The van der Waals surface area contributed by atoms with Gasteiger partial charge >= 0.3 is 0 Å². The zero-order chi connectivity index (χ0) is 17.0. The average Bonchev–Trinajstić information content (AvgIpc) is 3.15. The molecule has 4 heterocycles. The fourth-order valence-electron chi connectivity index (χ4n) is 3.46. The van der Waals surface area contributed by atoms with E-state index in [4.69, 9.17) is 9.97 Å². The number of pyridine rings is 1. The van der Waals surface area contributed by atoms with Gasteiger partial charge in [-0.3, -0.25) is 4.40 Å². The van der Waals surface area contributed by atoms with E-state index in [2.05, 4.69) is 17.1 Å². The fourth-order valence-corrected chi connectivity index (χ4v) is 5.96. The van der Waals surface area contributed by atoms with Crippen LogP contribution in [0.4, 0.5) is 0 Å². The summed E-state index contributed by atoms with van der Waals surface area (Å²) in [6.45, 7) is 4.30. The van der Waals surface area contributed by atoms with Gasteiger partial charge in [-0.2, -0.15) is 0 Å². The monoisotopic (exact) mass is 367 g/mol. The summed E-state index contributed by atoms with van der Waals surface area (Å²) in [5.41, 5.74) is 2.31. The second kappa shape index (κ2) is 5.78. The molecule has 0 amide bonds. The molecule has 1 aliphatic carbocycles. The molecule has 4 aromatic heterocycles. The van der Waals surface area contributed by atoms with Crippen molar-refractivity contribution in [3.63, 3.8) is 0 Å². The zero-order valence-electron chi connectivity index (χ0n) is 14.1. The van der Waals surface area contributed by atoms with Crippen LogP contribution in [0.25, 0.3) is 15.9 Å². The van der Waals surface area contributed by atoms with Gasteiger partial charge in [0.1, 0.15) is 15.7 Å². The highest BCUT2D eigenvalue weighted by Crippen LogP contribution is 2.42. The van der Waals surface area contributed by atoms with E-state index in [0.717, 1.165) is 45.2 Å². The van der Waals surface area contributed by atoms with E-state index in [1.54, 1.807) is 11.8 Å². The topological polar surface area (TPSA) is 56.0 Å². The molecule has 4 aromatic rings. The second-order valence-corrected chi connectivity index (χ2v) is 8.66. The second-order valence-electron chi connectivity index (χ2n) is 6.62. The lowest BCUT2D eigenvalue weighted by Crippen LogP contribution is -2.08. The third-order valence-corrected chi connectivity index (χ3v) is 6.80. The Morgan fingerprint density at radius 3 is 3.08 bits per heavy atom. The number of hydrogen-bond acceptors (Lipinski definition) is 6. The minimum Gasteiger partial charge on any atom is -0.277 e. The summed E-state index contributed by atoms with van der Waals surface area (Å²) < 4.78 is 2.01. The molecule has 7 heteroatoms. The lowest BCUT2D eigenvalue weighted by atomic mass is 9.89. The van der Waals surface area contributed by atoms with E-state index in [-0.39, 0.29) is 0 Å². The number of hydrogen-bond donors (Lipinski definition) is 0. The van der Waals surface area contributed by atoms with E-state index >= 15 is 0 Å². The molecule has 0 N–H and O–H groups in total. The van der Waals surface area contributed by atoms with Crippen molar-refractivity contribution < 1.29 is 0 Å². The Hall–Kier alpha value is -1.99. The Morgan fingerprint density at radius 1 is 1.24 bits per heavy atom. The van der Waals surface area contributed by atoms with Crippen molar-refractivity contribution in [2.75, 3.05) is 0 Å². The van der Waals surface area contributed by atoms with Crippen molar-refractivity contribution in [1.29, 1.82) is 0 Å². The first-order chi connectivity index (χ1) is 12.2. The van der Waals surface area contributed by atoms with Crippen LogP contribution < -0.4 is 0 Å². The zero-order valence-corrected chi connectivity index (χ0v) is 15.7. The molecule has 5 rings (SSSR count). The van der Waals surface area contributed by atoms with Gasteiger partial charge in [-0.05, 0) is 61.6 Å². The maximum Gasteiger partial charge on any atom is 0.201 e. The molecule has 0 saturated heterocycles. The Bertz CT molecular complexity index is 1100. The van der Waals surface area contributed by atoms with Crippen LogP contribution in [0.5, 0.6) is 0 Å². The van der Waals surface area contributed by atoms with E-state index in [1.807, 2.05) is 47.1 Å². The summed E-state index contributed by atoms with van der Waals surface area (Å²) in [5, 5.41) is 11.7. The normalized spacial score (nSPS) is 17.3. The number of rotatable bonds is 2. The van der Waals surface area contributed by atoms with Gasteiger partial charge in [0.15, 0.2) is 5.65 Å². The van der Waals surface area contributed by atoms with Crippen LogP contribution in [0.2, 0.25) is 0 Å². The van der Waals surface area contributed by atoms with Crippen LogP contribution in [0, 0.1) is 12.8 Å². The van der Waals surface area contributed by atoms with Crippen LogP contribution >= 0.6 is 23.1 Å². The lowest BCUT2D eigenvalue weighted by Gasteiger charge is -2.18. The van der Waals surface area contributed by atoms with Gasteiger partial charge in [0.25, 0.3) is 0 Å². The first-order valence-electron chi connectivity index (χ1n) is 8.45. The van der Waals surface area contributed by atoms with Gasteiger partial charge in [0, 0.05) is 16.5 Å². The molecule has 1 atom stereocenters. The number of aromatic nitrogens is 5. The predicted octanol–water partition coefficient (Wildman–Crippen LogP) is 4.32. The molecule has 0 aromatic carbocycles. The minimum atomic E-state index is 0.756. The number of thiophene rings is 1. The molecule has 126 valence electrons. The van der Waals surface area contributed by atoms with E-state index < -0.39 is 0 Å². The predicted molar refractivity (Wildman–Crippen MR) is 100 cm³/mol. The van der Waals surface area contributed by atoms with E-state index in [9.17, 15) is 0 Å². The highest BCUT2D eigenvalue weighted by Gasteiger charge is 2.24. The molecular formula is C18H17N5S2. The quantitative estimate of drug-likeness (QED) is 0.494. The van der Waals surface area contributed by atoms with Crippen molar-refractivity contribution in [2.45, 2.75) is 43.3 Å². The number of aryl methyl sites for hydroxylation is 2. The summed E-state index contributed by atoms with van der Waals surface area (Å²) in [7, 11) is 0. The SMILES string of the molecule is Cc1nc(Sc2nnc3ccccn23)c2c3c(sc2n1)CC(C)CC3. The molecular weight excluding hydrogens is 350 g/mol. The standard InChI is InChI=1S/C18H17N5S2/c1-10-6-7-12-13(9-10)24-16-15(12)17(20-11(2)19-16)25-18-22-21-14-5-3-4-8-23(14)18/h3-5,8,10H,6-7,9H2,1-2H3. The smallest absolute Gasteiger partial charge is 0.201 e. The van der Waals surface area contributed by atoms with Crippen molar-refractivity contribution >= 4 is 39.0 Å². The lowest BCUT2D eigenvalue weighted by molar-refractivity contribution is 0.509. The number of nitrogens with zero attached hydrogens (tertiary/aromatic N) is 5. The molecule has 25 heavy (non-hydrogen) atoms. The first-order valence-corrected chi connectivity index (χ1v) is 10.1. The van der Waals surface area contributed by atoms with Gasteiger partial charge in [-0.15, -0.1) is 21.5 Å². The summed E-state index contributed by atoms with van der Waals surface area (Å²) in [6.07, 6.45) is 5.52. The molecule has 0 spiro atoms. The van der Waals surface area contributed by atoms with Crippen molar-refractivity contribution in [3.8, 4) is 0 Å². The highest BCUT2D eigenvalue weighted by atomic mass is 32.2. The highest BCUT2D eigenvalue weighted by molar-refractivity contribution is 7.99. The molecule has 0 bridgehead atoms. The Kier molecular flexibility index (Phi) is 3.53. The van der Waals surface area contributed by atoms with Crippen molar-refractivity contribution in [2.24, 2.45) is 5.92 Å². The molecule has 0 fully saturated rings. The van der Waals surface area contributed by atoms with Crippen LogP contribution in [0.3, 0.4) is 0 Å². The van der Waals surface area contributed by atoms with E-state index in [1.165, 1.54) is 22.2 Å². The fraction of sp³-hybridized carbons (Fsp3) is 0.333. The molecule has 1 aliphatic rings. The summed E-state index contributed by atoms with van der Waals surface area (Å²) in [4.78, 5) is 12.1. The third-order valence-electron chi connectivity index (χ3n) is 4.70.